The predicted octanol–water partition coefficient (Wildman–Crippen LogP) is 1.85. The molecule has 7 nitrogen and oxygen atoms in total. The summed E-state index contributed by atoms with van der Waals surface area (Å²) in [5.74, 6) is -0.713. The van der Waals surface area contributed by atoms with E-state index in [2.05, 4.69) is 15.5 Å². The number of rotatable bonds is 4. The zero-order valence-electron chi connectivity index (χ0n) is 11.2. The first kappa shape index (κ1) is 14.2. The van der Waals surface area contributed by atoms with Crippen molar-refractivity contribution < 1.29 is 18.8 Å². The number of aryl methyl sites for hydroxylation is 3. The number of aromatic nitrogens is 2. The highest BCUT2D eigenvalue weighted by Gasteiger charge is 2.20. The fourth-order valence-electron chi connectivity index (χ4n) is 1.54. The summed E-state index contributed by atoms with van der Waals surface area (Å²) in [6.45, 7) is 4.67. The van der Waals surface area contributed by atoms with Crippen molar-refractivity contribution in [2.75, 3.05) is 11.9 Å². The van der Waals surface area contributed by atoms with Gasteiger partial charge in [-0.15, -0.1) is 11.3 Å². The second kappa shape index (κ2) is 5.83. The molecule has 20 heavy (non-hydrogen) atoms. The molecule has 1 amide bonds. The average molecular weight is 295 g/mol. The van der Waals surface area contributed by atoms with Crippen LogP contribution in [0.3, 0.4) is 0 Å². The first-order valence-electron chi connectivity index (χ1n) is 5.79. The van der Waals surface area contributed by atoms with Gasteiger partial charge in [-0.25, -0.2) is 9.78 Å². The quantitative estimate of drug-likeness (QED) is 0.865. The maximum Gasteiger partial charge on any atom is 0.344 e. The number of thiazole rings is 1. The molecule has 0 saturated carbocycles. The Labute approximate surface area is 118 Å². The van der Waals surface area contributed by atoms with Gasteiger partial charge in [-0.1, -0.05) is 5.16 Å². The number of hydrogen-bond acceptors (Lipinski definition) is 7. The number of anilines is 1. The van der Waals surface area contributed by atoms with Crippen molar-refractivity contribution >= 4 is 28.3 Å². The minimum atomic E-state index is -0.633. The molecular weight excluding hydrogens is 282 g/mol. The number of carbonyl (C=O) groups excluding carboxylic acids is 2. The molecule has 0 aliphatic rings. The number of nitrogens with one attached hydrogen (secondary N) is 1. The van der Waals surface area contributed by atoms with Crippen molar-refractivity contribution in [3.05, 3.63) is 28.1 Å². The lowest BCUT2D eigenvalue weighted by Gasteiger charge is -2.04. The van der Waals surface area contributed by atoms with E-state index >= 15 is 0 Å². The van der Waals surface area contributed by atoms with Crippen molar-refractivity contribution in [1.82, 2.24) is 10.1 Å². The van der Waals surface area contributed by atoms with Gasteiger partial charge in [-0.2, -0.15) is 0 Å². The lowest BCUT2D eigenvalue weighted by atomic mass is 10.2. The van der Waals surface area contributed by atoms with Crippen molar-refractivity contribution in [3.8, 4) is 0 Å². The third kappa shape index (κ3) is 3.21. The van der Waals surface area contributed by atoms with E-state index in [0.29, 0.717) is 16.6 Å². The Morgan fingerprint density at radius 3 is 2.70 bits per heavy atom. The normalized spacial score (nSPS) is 10.3. The fourth-order valence-corrected chi connectivity index (χ4v) is 2.25. The van der Waals surface area contributed by atoms with Gasteiger partial charge in [0.1, 0.15) is 11.3 Å². The summed E-state index contributed by atoms with van der Waals surface area (Å²) >= 11 is 1.31. The zero-order chi connectivity index (χ0) is 14.7. The Kier molecular flexibility index (Phi) is 4.14. The Hall–Kier alpha value is -2.22. The molecule has 2 aromatic rings. The van der Waals surface area contributed by atoms with E-state index in [1.54, 1.807) is 13.8 Å². The molecule has 2 heterocycles. The summed E-state index contributed by atoms with van der Waals surface area (Å²) in [5, 5.41) is 8.48. The molecule has 0 unspecified atom stereocenters. The van der Waals surface area contributed by atoms with Gasteiger partial charge in [0.15, 0.2) is 11.7 Å². The second-order valence-corrected chi connectivity index (χ2v) is 4.98. The molecule has 0 spiro atoms. The van der Waals surface area contributed by atoms with Crippen molar-refractivity contribution in [3.63, 3.8) is 0 Å². The molecule has 2 aromatic heterocycles. The molecule has 8 heteroatoms. The summed E-state index contributed by atoms with van der Waals surface area (Å²) in [7, 11) is 0. The van der Waals surface area contributed by atoms with Gasteiger partial charge >= 0.3 is 5.97 Å². The highest BCUT2D eigenvalue weighted by Crippen LogP contribution is 2.15. The van der Waals surface area contributed by atoms with Crippen LogP contribution in [0.5, 0.6) is 0 Å². The highest BCUT2D eigenvalue weighted by atomic mass is 32.1. The second-order valence-electron chi connectivity index (χ2n) is 4.12. The minimum absolute atomic E-state index is 0.253. The van der Waals surface area contributed by atoms with Gasteiger partial charge in [0.05, 0.1) is 11.4 Å². The first-order valence-corrected chi connectivity index (χ1v) is 6.67. The van der Waals surface area contributed by atoms with Crippen LogP contribution in [-0.4, -0.2) is 28.6 Å². The number of ether oxygens (including phenoxy) is 1. The minimum Gasteiger partial charge on any atom is -0.452 e. The summed E-state index contributed by atoms with van der Waals surface area (Å²) in [4.78, 5) is 27.5. The van der Waals surface area contributed by atoms with Gasteiger partial charge in [0, 0.05) is 5.38 Å². The predicted molar refractivity (Wildman–Crippen MR) is 71.7 cm³/mol. The van der Waals surface area contributed by atoms with Crippen LogP contribution < -0.4 is 5.32 Å². The van der Waals surface area contributed by atoms with Crippen LogP contribution in [-0.2, 0) is 9.53 Å². The van der Waals surface area contributed by atoms with E-state index in [-0.39, 0.29) is 12.2 Å². The SMILES string of the molecule is Cc1csc(NC(=O)COC(=O)c2c(C)noc2C)n1. The fraction of sp³-hybridized carbons (Fsp3) is 0.333. The summed E-state index contributed by atoms with van der Waals surface area (Å²) in [6, 6.07) is 0. The molecule has 0 fully saturated rings. The third-order valence-corrected chi connectivity index (χ3v) is 3.31. The Morgan fingerprint density at radius 1 is 1.40 bits per heavy atom. The van der Waals surface area contributed by atoms with Crippen LogP contribution in [0.2, 0.25) is 0 Å². The number of amides is 1. The molecule has 0 aromatic carbocycles. The number of nitrogens with zero attached hydrogens (tertiary/aromatic N) is 2. The van der Waals surface area contributed by atoms with E-state index < -0.39 is 11.9 Å². The van der Waals surface area contributed by atoms with Crippen LogP contribution in [0.1, 0.15) is 27.5 Å². The summed E-state index contributed by atoms with van der Waals surface area (Å²) in [5.41, 5.74) is 1.50. The Bertz CT molecular complexity index is 627. The number of esters is 1. The number of hydrogen-bond donors (Lipinski definition) is 1. The van der Waals surface area contributed by atoms with E-state index in [9.17, 15) is 9.59 Å². The molecular formula is C12H13N3O4S. The average Bonchev–Trinajstić information content (AvgIpc) is 2.93. The maximum absolute atomic E-state index is 11.8. The van der Waals surface area contributed by atoms with Crippen molar-refractivity contribution in [2.45, 2.75) is 20.8 Å². The molecule has 106 valence electrons. The molecule has 0 saturated heterocycles. The van der Waals surface area contributed by atoms with Gasteiger partial charge in [0.25, 0.3) is 5.91 Å². The Balaban J connectivity index is 1.89. The summed E-state index contributed by atoms with van der Waals surface area (Å²) < 4.78 is 9.78. The Morgan fingerprint density at radius 2 is 2.15 bits per heavy atom. The van der Waals surface area contributed by atoms with Crippen LogP contribution in [0.25, 0.3) is 0 Å². The van der Waals surface area contributed by atoms with E-state index in [4.69, 9.17) is 9.26 Å². The number of carbonyl (C=O) groups is 2. The van der Waals surface area contributed by atoms with Gasteiger partial charge in [0.2, 0.25) is 0 Å². The van der Waals surface area contributed by atoms with E-state index in [0.717, 1.165) is 5.69 Å². The largest absolute Gasteiger partial charge is 0.452 e. The van der Waals surface area contributed by atoms with Crippen LogP contribution in [0.4, 0.5) is 5.13 Å². The molecule has 0 radical (unpaired) electrons. The highest BCUT2D eigenvalue weighted by molar-refractivity contribution is 7.13. The van der Waals surface area contributed by atoms with Crippen LogP contribution in [0.15, 0.2) is 9.90 Å². The lowest BCUT2D eigenvalue weighted by Crippen LogP contribution is -2.21. The zero-order valence-corrected chi connectivity index (χ0v) is 12.0. The van der Waals surface area contributed by atoms with Gasteiger partial charge in [-0.05, 0) is 20.8 Å². The first-order chi connectivity index (χ1) is 9.47. The molecule has 0 aliphatic heterocycles. The van der Waals surface area contributed by atoms with Crippen molar-refractivity contribution in [1.29, 1.82) is 0 Å². The van der Waals surface area contributed by atoms with Gasteiger partial charge < -0.3 is 9.26 Å². The molecule has 0 aliphatic carbocycles. The summed E-state index contributed by atoms with van der Waals surface area (Å²) in [6.07, 6.45) is 0. The topological polar surface area (TPSA) is 94.3 Å². The third-order valence-electron chi connectivity index (χ3n) is 2.44. The molecule has 1 N–H and O–H groups in total. The van der Waals surface area contributed by atoms with E-state index in [1.807, 2.05) is 12.3 Å². The van der Waals surface area contributed by atoms with Crippen LogP contribution in [0, 0.1) is 20.8 Å². The standard InChI is InChI=1S/C12H13N3O4S/c1-6-5-20-12(13-6)14-9(16)4-18-11(17)10-7(2)15-19-8(10)3/h5H,4H2,1-3H3,(H,13,14,16). The smallest absolute Gasteiger partial charge is 0.344 e. The molecule has 0 atom stereocenters. The monoisotopic (exact) mass is 295 g/mol. The van der Waals surface area contributed by atoms with Gasteiger partial charge in [-0.3, -0.25) is 10.1 Å². The lowest BCUT2D eigenvalue weighted by molar-refractivity contribution is -0.119. The van der Waals surface area contributed by atoms with Crippen LogP contribution >= 0.6 is 11.3 Å². The van der Waals surface area contributed by atoms with Crippen molar-refractivity contribution in [2.24, 2.45) is 0 Å². The molecule has 2 rings (SSSR count). The maximum atomic E-state index is 11.8. The molecule has 0 bridgehead atoms. The van der Waals surface area contributed by atoms with E-state index in [1.165, 1.54) is 11.3 Å².